The van der Waals surface area contributed by atoms with Gasteiger partial charge in [0.1, 0.15) is 12.1 Å². The van der Waals surface area contributed by atoms with E-state index in [1.807, 2.05) is 30.3 Å². The average molecular weight is 487 g/mol. The second kappa shape index (κ2) is 12.7. The monoisotopic (exact) mass is 486 g/mol. The van der Waals surface area contributed by atoms with Crippen LogP contribution < -0.4 is 14.8 Å². The van der Waals surface area contributed by atoms with Crippen LogP contribution in [-0.2, 0) is 30.2 Å². The maximum Gasteiger partial charge on any atom is 0.329 e. The van der Waals surface area contributed by atoms with E-state index in [1.54, 1.807) is 6.92 Å². The Morgan fingerprint density at radius 2 is 1.97 bits per heavy atom. The lowest BCUT2D eigenvalue weighted by atomic mass is 10.0. The van der Waals surface area contributed by atoms with Gasteiger partial charge in [0, 0.05) is 38.6 Å². The van der Waals surface area contributed by atoms with Crippen LogP contribution in [-0.4, -0.2) is 61.6 Å². The topological polar surface area (TPSA) is 122 Å². The molecule has 188 valence electrons. The normalized spacial score (nSPS) is 20.4. The van der Waals surface area contributed by atoms with Crippen molar-refractivity contribution >= 4 is 17.8 Å². The second-order valence-electron chi connectivity index (χ2n) is 8.07. The van der Waals surface area contributed by atoms with Gasteiger partial charge in [0.05, 0.1) is 13.2 Å². The van der Waals surface area contributed by atoms with Gasteiger partial charge in [0.15, 0.2) is 17.2 Å². The molecule has 0 aliphatic carbocycles. The maximum absolute atomic E-state index is 13.1. The zero-order valence-corrected chi connectivity index (χ0v) is 20.0. The van der Waals surface area contributed by atoms with Crippen molar-refractivity contribution in [1.29, 1.82) is 0 Å². The summed E-state index contributed by atoms with van der Waals surface area (Å²) in [6.07, 6.45) is 2.29. The van der Waals surface area contributed by atoms with Crippen LogP contribution in [0.25, 0.3) is 0 Å². The minimum atomic E-state index is -0.949. The Morgan fingerprint density at radius 3 is 2.69 bits per heavy atom. The number of pyridine rings is 1. The minimum Gasteiger partial charge on any atom is -0.493 e. The Labute approximate surface area is 203 Å². The minimum absolute atomic E-state index is 0.0160. The molecule has 0 radical (unpaired) electrons. The molecule has 2 aromatic rings. The van der Waals surface area contributed by atoms with Gasteiger partial charge in [-0.15, -0.1) is 0 Å². The summed E-state index contributed by atoms with van der Waals surface area (Å²) in [4.78, 5) is 41.0. The number of amides is 1. The molecular weight excluding hydrogens is 456 g/mol. The van der Waals surface area contributed by atoms with Crippen LogP contribution in [0.15, 0.2) is 42.6 Å². The molecule has 1 fully saturated rings. The van der Waals surface area contributed by atoms with Crippen LogP contribution in [0, 0.1) is 0 Å². The predicted octanol–water partition coefficient (Wildman–Crippen LogP) is 2.44. The molecule has 1 aliphatic heterocycles. The lowest BCUT2D eigenvalue weighted by Crippen LogP contribution is -2.43. The van der Waals surface area contributed by atoms with Crippen molar-refractivity contribution in [2.24, 2.45) is 0 Å². The molecule has 1 aliphatic rings. The summed E-state index contributed by atoms with van der Waals surface area (Å²) in [6, 6.07) is 10.5. The zero-order chi connectivity index (χ0) is 25.2. The van der Waals surface area contributed by atoms with Gasteiger partial charge in [-0.25, -0.2) is 9.78 Å². The fourth-order valence-corrected chi connectivity index (χ4v) is 3.68. The summed E-state index contributed by atoms with van der Waals surface area (Å²) in [5, 5.41) is 2.66. The molecule has 1 amide bonds. The summed E-state index contributed by atoms with van der Waals surface area (Å²) in [6.45, 7) is 2.85. The molecular formula is C25H30N2O8. The van der Waals surface area contributed by atoms with Gasteiger partial charge in [-0.2, -0.15) is 0 Å². The van der Waals surface area contributed by atoms with Crippen molar-refractivity contribution in [1.82, 2.24) is 10.3 Å². The SMILES string of the molecule is COc1ccnc(C(=O)N[C@H]2CCO[C@H](Cc3ccccc3)C[C@H](C)OC2=O)c1OCOC(C)=O. The number of esters is 2. The standard InChI is InChI=1S/C25H30N2O8/c1-16-13-19(14-18-7-5-4-6-8-18)32-12-10-20(25(30)35-16)27-24(29)22-23(34-15-33-17(2)28)21(31-3)9-11-26-22/h4-9,11,16,19-20H,10,12-15H2,1-3H3,(H,27,29)/t16-,19-,20-/m0/s1. The van der Waals surface area contributed by atoms with Crippen molar-refractivity contribution in [3.63, 3.8) is 0 Å². The van der Waals surface area contributed by atoms with Crippen LogP contribution in [0.3, 0.4) is 0 Å². The molecule has 1 N–H and O–H groups in total. The van der Waals surface area contributed by atoms with Crippen molar-refractivity contribution in [3.8, 4) is 11.5 Å². The van der Waals surface area contributed by atoms with E-state index in [0.717, 1.165) is 5.56 Å². The lowest BCUT2D eigenvalue weighted by molar-refractivity contribution is -0.151. The predicted molar refractivity (Wildman–Crippen MR) is 124 cm³/mol. The largest absolute Gasteiger partial charge is 0.493 e. The van der Waals surface area contributed by atoms with Gasteiger partial charge in [-0.3, -0.25) is 9.59 Å². The first-order valence-electron chi connectivity index (χ1n) is 11.3. The van der Waals surface area contributed by atoms with E-state index in [2.05, 4.69) is 10.3 Å². The number of hydrogen-bond acceptors (Lipinski definition) is 9. The zero-order valence-electron chi connectivity index (χ0n) is 20.0. The molecule has 3 rings (SSSR count). The molecule has 0 spiro atoms. The summed E-state index contributed by atoms with van der Waals surface area (Å²) in [5.74, 6) is -1.57. The Bertz CT molecular complexity index is 1010. The molecule has 2 heterocycles. The molecule has 0 saturated carbocycles. The molecule has 35 heavy (non-hydrogen) atoms. The fourth-order valence-electron chi connectivity index (χ4n) is 3.68. The van der Waals surface area contributed by atoms with Crippen molar-refractivity contribution < 1.29 is 38.1 Å². The van der Waals surface area contributed by atoms with E-state index in [1.165, 1.54) is 26.3 Å². The Hall–Kier alpha value is -3.66. The molecule has 10 heteroatoms. The first-order valence-corrected chi connectivity index (χ1v) is 11.3. The first-order chi connectivity index (χ1) is 16.9. The molecule has 1 aromatic carbocycles. The average Bonchev–Trinajstić information content (AvgIpc) is 2.88. The van der Waals surface area contributed by atoms with Gasteiger partial charge in [-0.05, 0) is 18.9 Å². The van der Waals surface area contributed by atoms with Gasteiger partial charge >= 0.3 is 11.9 Å². The Morgan fingerprint density at radius 1 is 1.20 bits per heavy atom. The molecule has 0 bridgehead atoms. The summed E-state index contributed by atoms with van der Waals surface area (Å²) < 4.78 is 27.1. The number of hydrogen-bond donors (Lipinski definition) is 1. The molecule has 1 saturated heterocycles. The Balaban J connectivity index is 1.69. The van der Waals surface area contributed by atoms with E-state index in [4.69, 9.17) is 23.7 Å². The van der Waals surface area contributed by atoms with Crippen LogP contribution in [0.1, 0.15) is 42.7 Å². The number of cyclic esters (lactones) is 1. The van der Waals surface area contributed by atoms with E-state index in [9.17, 15) is 14.4 Å². The Kier molecular flexibility index (Phi) is 9.42. The number of nitrogens with zero attached hydrogens (tertiary/aromatic N) is 1. The van der Waals surface area contributed by atoms with Gasteiger partial charge in [0.2, 0.25) is 6.79 Å². The molecule has 1 aromatic heterocycles. The smallest absolute Gasteiger partial charge is 0.329 e. The molecule has 0 unspecified atom stereocenters. The number of methoxy groups -OCH3 is 1. The number of aromatic nitrogens is 1. The highest BCUT2D eigenvalue weighted by atomic mass is 16.7. The highest BCUT2D eigenvalue weighted by Gasteiger charge is 2.30. The van der Waals surface area contributed by atoms with Gasteiger partial charge in [0.25, 0.3) is 5.91 Å². The number of ether oxygens (including phenoxy) is 5. The number of carbonyl (C=O) groups is 3. The third-order valence-electron chi connectivity index (χ3n) is 5.34. The van der Waals surface area contributed by atoms with Gasteiger partial charge < -0.3 is 29.0 Å². The van der Waals surface area contributed by atoms with E-state index < -0.39 is 36.8 Å². The number of benzene rings is 1. The van der Waals surface area contributed by atoms with Crippen molar-refractivity contribution in [3.05, 3.63) is 53.9 Å². The summed E-state index contributed by atoms with van der Waals surface area (Å²) in [5.41, 5.74) is 1.01. The fraction of sp³-hybridized carbons (Fsp3) is 0.440. The molecule has 10 nitrogen and oxygen atoms in total. The van der Waals surface area contributed by atoms with E-state index >= 15 is 0 Å². The molecule has 3 atom stereocenters. The third-order valence-corrected chi connectivity index (χ3v) is 5.34. The lowest BCUT2D eigenvalue weighted by Gasteiger charge is -2.20. The maximum atomic E-state index is 13.1. The quantitative estimate of drug-likeness (QED) is 0.443. The van der Waals surface area contributed by atoms with Crippen LogP contribution in [0.5, 0.6) is 11.5 Å². The van der Waals surface area contributed by atoms with Crippen molar-refractivity contribution in [2.75, 3.05) is 20.5 Å². The third kappa shape index (κ3) is 7.68. The van der Waals surface area contributed by atoms with E-state index in [0.29, 0.717) is 12.8 Å². The van der Waals surface area contributed by atoms with Crippen molar-refractivity contribution in [2.45, 2.75) is 51.4 Å². The highest BCUT2D eigenvalue weighted by molar-refractivity contribution is 5.98. The van der Waals surface area contributed by atoms with Gasteiger partial charge in [-0.1, -0.05) is 30.3 Å². The number of carbonyl (C=O) groups excluding carboxylic acids is 3. The number of rotatable bonds is 8. The highest BCUT2D eigenvalue weighted by Crippen LogP contribution is 2.29. The van der Waals surface area contributed by atoms with Crippen LogP contribution >= 0.6 is 0 Å². The second-order valence-corrected chi connectivity index (χ2v) is 8.07. The number of nitrogens with one attached hydrogen (secondary N) is 1. The summed E-state index contributed by atoms with van der Waals surface area (Å²) >= 11 is 0. The first kappa shape index (κ1) is 26.0. The van der Waals surface area contributed by atoms with Crippen LogP contribution in [0.4, 0.5) is 0 Å². The van der Waals surface area contributed by atoms with E-state index in [-0.39, 0.29) is 36.3 Å². The van der Waals surface area contributed by atoms with Crippen LogP contribution in [0.2, 0.25) is 0 Å². The summed E-state index contributed by atoms with van der Waals surface area (Å²) in [7, 11) is 1.40.